The Bertz CT molecular complexity index is 1130. The van der Waals surface area contributed by atoms with E-state index in [1.165, 1.54) is 33.4 Å². The lowest BCUT2D eigenvalue weighted by molar-refractivity contribution is -0.155. The molecule has 0 saturated heterocycles. The molecule has 0 bridgehead atoms. The van der Waals surface area contributed by atoms with Gasteiger partial charge in [-0.2, -0.15) is 0 Å². The molecule has 0 saturated carbocycles. The Morgan fingerprint density at radius 3 is 2.41 bits per heavy atom. The monoisotopic (exact) mass is 506 g/mol. The van der Waals surface area contributed by atoms with E-state index in [1.807, 2.05) is 33.8 Å². The Balaban J connectivity index is 1.45. The number of hydrogen-bond acceptors (Lipinski definition) is 5. The summed E-state index contributed by atoms with van der Waals surface area (Å²) in [5.74, 6) is 1.09. The molecule has 37 heavy (non-hydrogen) atoms. The molecule has 0 aliphatic heterocycles. The van der Waals surface area contributed by atoms with E-state index in [-0.39, 0.29) is 12.0 Å². The molecule has 1 aliphatic carbocycles. The van der Waals surface area contributed by atoms with Crippen LogP contribution >= 0.6 is 0 Å². The molecule has 202 valence electrons. The van der Waals surface area contributed by atoms with Crippen molar-refractivity contribution in [1.29, 1.82) is 0 Å². The molecule has 2 aromatic rings. The first-order valence-corrected chi connectivity index (χ1v) is 13.6. The van der Waals surface area contributed by atoms with Crippen LogP contribution < -0.4 is 16.2 Å². The van der Waals surface area contributed by atoms with Crippen molar-refractivity contribution >= 4 is 17.6 Å². The van der Waals surface area contributed by atoms with E-state index in [1.54, 1.807) is 0 Å². The number of hydrogen-bond donors (Lipinski definition) is 2. The summed E-state index contributed by atoms with van der Waals surface area (Å²) in [6, 6.07) is 12.8. The second-order valence-electron chi connectivity index (χ2n) is 12.2. The van der Waals surface area contributed by atoms with Crippen molar-refractivity contribution in [2.75, 3.05) is 13.2 Å². The number of carbonyl (C=O) groups is 1. The van der Waals surface area contributed by atoms with E-state index >= 15 is 0 Å². The zero-order chi connectivity index (χ0) is 27.4. The summed E-state index contributed by atoms with van der Waals surface area (Å²) in [6.07, 6.45) is 5.32. The van der Waals surface area contributed by atoms with Crippen LogP contribution in [0, 0.1) is 12.3 Å². The van der Waals surface area contributed by atoms with E-state index < -0.39 is 11.0 Å². The second-order valence-corrected chi connectivity index (χ2v) is 12.2. The fourth-order valence-electron chi connectivity index (χ4n) is 4.75. The quantitative estimate of drug-likeness (QED) is 0.257. The number of aryl methyl sites for hydroxylation is 1. The van der Waals surface area contributed by atoms with Gasteiger partial charge in [0.05, 0.1) is 18.6 Å². The third kappa shape index (κ3) is 7.68. The van der Waals surface area contributed by atoms with E-state index in [2.05, 4.69) is 57.2 Å². The number of esters is 1. The first kappa shape index (κ1) is 28.9. The van der Waals surface area contributed by atoms with Crippen molar-refractivity contribution in [1.82, 2.24) is 0 Å². The molecule has 0 aromatic heterocycles. The van der Waals surface area contributed by atoms with Gasteiger partial charge >= 0.3 is 5.97 Å². The Hall–Kier alpha value is -2.63. The minimum atomic E-state index is -0.779. The minimum Gasteiger partial charge on any atom is -0.494 e. The van der Waals surface area contributed by atoms with Gasteiger partial charge in [-0.3, -0.25) is 4.79 Å². The van der Waals surface area contributed by atoms with Crippen LogP contribution in [0.5, 0.6) is 5.75 Å². The van der Waals surface area contributed by atoms with Gasteiger partial charge in [0.1, 0.15) is 5.75 Å². The van der Waals surface area contributed by atoms with Crippen LogP contribution in [0.25, 0.3) is 11.6 Å². The number of fused-ring (bicyclic) bond motifs is 1. The highest BCUT2D eigenvalue weighted by atomic mass is 16.5. The van der Waals surface area contributed by atoms with Crippen LogP contribution in [0.15, 0.2) is 36.4 Å². The molecule has 3 rings (SSSR count). The fraction of sp³-hybridized carbons (Fsp3) is 0.531. The Morgan fingerprint density at radius 2 is 1.73 bits per heavy atom. The molecular weight excluding hydrogens is 460 g/mol. The molecule has 5 nitrogen and oxygen atoms in total. The molecule has 0 radical (unpaired) electrons. The van der Waals surface area contributed by atoms with Crippen LogP contribution in [-0.4, -0.2) is 30.8 Å². The second kappa shape index (κ2) is 11.8. The van der Waals surface area contributed by atoms with Crippen molar-refractivity contribution in [2.45, 2.75) is 91.6 Å². The topological polar surface area (TPSA) is 87.6 Å². The normalized spacial score (nSPS) is 14.4. The maximum atomic E-state index is 12.6. The third-order valence-electron chi connectivity index (χ3n) is 7.24. The SMILES string of the molecule is Cc1ccc(C2=Cc3ccc(OCCCCOC(=O)C(C)(C)C(N)CC(C)(C)N)cc3C2)c(C(C)C)c1. The molecule has 5 heteroatoms. The molecule has 0 fully saturated rings. The molecule has 2 aromatic carbocycles. The molecule has 4 N–H and O–H groups in total. The van der Waals surface area contributed by atoms with E-state index in [4.69, 9.17) is 20.9 Å². The van der Waals surface area contributed by atoms with Gasteiger partial charge in [-0.25, -0.2) is 0 Å². The van der Waals surface area contributed by atoms with Crippen molar-refractivity contribution in [3.63, 3.8) is 0 Å². The van der Waals surface area contributed by atoms with E-state index in [0.29, 0.717) is 25.6 Å². The number of ether oxygens (including phenoxy) is 2. The lowest BCUT2D eigenvalue weighted by atomic mass is 9.79. The van der Waals surface area contributed by atoms with Gasteiger partial charge in [0.25, 0.3) is 0 Å². The Kier molecular flexibility index (Phi) is 9.25. The molecule has 0 spiro atoms. The number of carbonyl (C=O) groups excluding carboxylic acids is 1. The fourth-order valence-corrected chi connectivity index (χ4v) is 4.75. The lowest BCUT2D eigenvalue weighted by Gasteiger charge is -2.33. The van der Waals surface area contributed by atoms with Crippen molar-refractivity contribution in [3.05, 3.63) is 64.2 Å². The Morgan fingerprint density at radius 1 is 1.03 bits per heavy atom. The number of unbranched alkanes of at least 4 members (excludes halogenated alkanes) is 1. The summed E-state index contributed by atoms with van der Waals surface area (Å²) in [7, 11) is 0. The largest absolute Gasteiger partial charge is 0.494 e. The molecular formula is C32H46N2O3. The van der Waals surface area contributed by atoms with Crippen LogP contribution in [0.1, 0.15) is 94.5 Å². The number of nitrogens with two attached hydrogens (primary N) is 2. The number of allylic oxidation sites excluding steroid dienone is 1. The predicted molar refractivity (Wildman–Crippen MR) is 154 cm³/mol. The van der Waals surface area contributed by atoms with Gasteiger partial charge in [-0.1, -0.05) is 49.8 Å². The van der Waals surface area contributed by atoms with E-state index in [9.17, 15) is 4.79 Å². The zero-order valence-corrected chi connectivity index (χ0v) is 23.8. The van der Waals surface area contributed by atoms with Gasteiger partial charge < -0.3 is 20.9 Å². The summed E-state index contributed by atoms with van der Waals surface area (Å²) in [4.78, 5) is 12.6. The summed E-state index contributed by atoms with van der Waals surface area (Å²) < 4.78 is 11.5. The zero-order valence-electron chi connectivity index (χ0n) is 23.8. The van der Waals surface area contributed by atoms with Crippen LogP contribution in [-0.2, 0) is 16.0 Å². The average Bonchev–Trinajstić information content (AvgIpc) is 3.23. The van der Waals surface area contributed by atoms with Crippen molar-refractivity contribution in [3.8, 4) is 5.75 Å². The minimum absolute atomic E-state index is 0.277. The molecule has 1 atom stereocenters. The van der Waals surface area contributed by atoms with Crippen molar-refractivity contribution < 1.29 is 14.3 Å². The van der Waals surface area contributed by atoms with Gasteiger partial charge in [0.2, 0.25) is 0 Å². The number of rotatable bonds is 12. The number of benzene rings is 2. The maximum Gasteiger partial charge on any atom is 0.313 e. The van der Waals surface area contributed by atoms with Gasteiger partial charge in [-0.05, 0) is 106 Å². The lowest BCUT2D eigenvalue weighted by Crippen LogP contribution is -2.50. The molecule has 0 heterocycles. The molecule has 0 amide bonds. The molecule has 1 aliphatic rings. The highest BCUT2D eigenvalue weighted by Crippen LogP contribution is 2.37. The predicted octanol–water partition coefficient (Wildman–Crippen LogP) is 6.40. The maximum absolute atomic E-state index is 12.6. The standard InChI is InChI=1S/C32H46N2O3/c1-21(2)28-16-22(3)10-13-27(28)25-17-23-11-12-26(19-24(23)18-25)36-14-8-9-15-37-30(35)32(6,7)29(33)20-31(4,5)34/h10-13,16-17,19,21,29H,8-9,14-15,18,20,33-34H2,1-7H3. The average molecular weight is 507 g/mol. The summed E-state index contributed by atoms with van der Waals surface area (Å²) in [5, 5.41) is 0. The first-order chi connectivity index (χ1) is 17.3. The van der Waals surface area contributed by atoms with Crippen LogP contribution in [0.4, 0.5) is 0 Å². The smallest absolute Gasteiger partial charge is 0.313 e. The summed E-state index contributed by atoms with van der Waals surface area (Å²) in [5.41, 5.74) is 19.1. The van der Waals surface area contributed by atoms with Crippen LogP contribution in [0.2, 0.25) is 0 Å². The van der Waals surface area contributed by atoms with Crippen molar-refractivity contribution in [2.24, 2.45) is 16.9 Å². The highest BCUT2D eigenvalue weighted by molar-refractivity contribution is 5.90. The first-order valence-electron chi connectivity index (χ1n) is 13.6. The van der Waals surface area contributed by atoms with Gasteiger partial charge in [0, 0.05) is 11.6 Å². The van der Waals surface area contributed by atoms with Crippen LogP contribution in [0.3, 0.4) is 0 Å². The van der Waals surface area contributed by atoms with Gasteiger partial charge in [0.15, 0.2) is 0 Å². The van der Waals surface area contributed by atoms with E-state index in [0.717, 1.165) is 25.0 Å². The highest BCUT2D eigenvalue weighted by Gasteiger charge is 2.38. The van der Waals surface area contributed by atoms with Gasteiger partial charge in [-0.15, -0.1) is 0 Å². The third-order valence-corrected chi connectivity index (χ3v) is 7.24. The Labute approximate surface area is 223 Å². The molecule has 1 unspecified atom stereocenters. The summed E-state index contributed by atoms with van der Waals surface area (Å²) >= 11 is 0. The summed E-state index contributed by atoms with van der Waals surface area (Å²) in [6.45, 7) is 15.1.